The van der Waals surface area contributed by atoms with Gasteiger partial charge in [0, 0.05) is 11.3 Å². The quantitative estimate of drug-likeness (QED) is 0.506. The van der Waals surface area contributed by atoms with Gasteiger partial charge in [-0.3, -0.25) is 4.79 Å². The Balaban J connectivity index is 1.44. The van der Waals surface area contributed by atoms with Gasteiger partial charge < -0.3 is 9.73 Å². The summed E-state index contributed by atoms with van der Waals surface area (Å²) in [5, 5.41) is 13.1. The molecule has 0 saturated carbocycles. The third-order valence-electron chi connectivity index (χ3n) is 3.86. The summed E-state index contributed by atoms with van der Waals surface area (Å²) >= 11 is 1.13. The summed E-state index contributed by atoms with van der Waals surface area (Å²) in [6, 6.07) is 19.5. The van der Waals surface area contributed by atoms with Crippen molar-refractivity contribution in [2.45, 2.75) is 5.22 Å². The van der Waals surface area contributed by atoms with Crippen molar-refractivity contribution in [3.05, 3.63) is 72.5 Å². The van der Waals surface area contributed by atoms with Crippen molar-refractivity contribution in [3.63, 3.8) is 0 Å². The van der Waals surface area contributed by atoms with Crippen molar-refractivity contribution in [2.24, 2.45) is 0 Å². The number of carbonyl (C=O) groups is 1. The lowest BCUT2D eigenvalue weighted by atomic mass is 10.0. The van der Waals surface area contributed by atoms with Crippen LogP contribution in [0, 0.1) is 5.82 Å². The number of benzene rings is 3. The normalized spacial score (nSPS) is 10.9. The molecule has 27 heavy (non-hydrogen) atoms. The first-order chi connectivity index (χ1) is 13.2. The van der Waals surface area contributed by atoms with E-state index in [-0.39, 0.29) is 11.7 Å². The van der Waals surface area contributed by atoms with Crippen LogP contribution in [0.5, 0.6) is 0 Å². The van der Waals surface area contributed by atoms with E-state index >= 15 is 0 Å². The average molecular weight is 379 g/mol. The predicted octanol–water partition coefficient (Wildman–Crippen LogP) is 4.76. The number of fused-ring (bicyclic) bond motifs is 1. The van der Waals surface area contributed by atoms with Crippen LogP contribution >= 0.6 is 11.8 Å². The van der Waals surface area contributed by atoms with Gasteiger partial charge in [-0.05, 0) is 35.0 Å². The number of nitrogens with one attached hydrogen (secondary N) is 1. The van der Waals surface area contributed by atoms with Crippen molar-refractivity contribution in [1.82, 2.24) is 10.2 Å². The molecule has 0 saturated heterocycles. The lowest BCUT2D eigenvalue weighted by molar-refractivity contribution is -0.113. The Bertz CT molecular complexity index is 1110. The molecule has 1 amide bonds. The molecule has 0 spiro atoms. The van der Waals surface area contributed by atoms with Gasteiger partial charge in [-0.1, -0.05) is 54.2 Å². The molecule has 0 unspecified atom stereocenters. The fourth-order valence-electron chi connectivity index (χ4n) is 2.68. The number of carbonyl (C=O) groups excluding carboxylic acids is 1. The van der Waals surface area contributed by atoms with E-state index in [0.717, 1.165) is 28.1 Å². The zero-order valence-electron chi connectivity index (χ0n) is 14.1. The number of amides is 1. The molecule has 0 bridgehead atoms. The number of halogens is 1. The number of hydrogen-bond donors (Lipinski definition) is 1. The zero-order valence-corrected chi connectivity index (χ0v) is 14.9. The highest BCUT2D eigenvalue weighted by Crippen LogP contribution is 2.29. The minimum absolute atomic E-state index is 0.0771. The van der Waals surface area contributed by atoms with Gasteiger partial charge in [0.25, 0.3) is 5.22 Å². The second kappa shape index (κ2) is 7.59. The number of nitrogens with zero attached hydrogens (tertiary/aromatic N) is 2. The smallest absolute Gasteiger partial charge is 0.277 e. The maximum Gasteiger partial charge on any atom is 0.277 e. The Hall–Kier alpha value is -3.19. The van der Waals surface area contributed by atoms with Gasteiger partial charge in [0.15, 0.2) is 0 Å². The van der Waals surface area contributed by atoms with E-state index in [0.29, 0.717) is 16.8 Å². The van der Waals surface area contributed by atoms with Crippen LogP contribution in [0.25, 0.3) is 22.2 Å². The first-order valence-corrected chi connectivity index (χ1v) is 9.17. The van der Waals surface area contributed by atoms with Crippen LogP contribution < -0.4 is 5.32 Å². The van der Waals surface area contributed by atoms with Crippen LogP contribution in [-0.2, 0) is 4.79 Å². The Kier molecular flexibility index (Phi) is 4.84. The van der Waals surface area contributed by atoms with E-state index in [4.69, 9.17) is 4.42 Å². The van der Waals surface area contributed by atoms with Gasteiger partial charge in [0.2, 0.25) is 11.8 Å². The minimum atomic E-state index is -0.405. The average Bonchev–Trinajstić information content (AvgIpc) is 3.15. The third-order valence-corrected chi connectivity index (χ3v) is 4.68. The topological polar surface area (TPSA) is 68.0 Å². The molecule has 1 aromatic heterocycles. The Labute approximate surface area is 158 Å². The number of hydrogen-bond acceptors (Lipinski definition) is 5. The minimum Gasteiger partial charge on any atom is -0.411 e. The van der Waals surface area contributed by atoms with E-state index in [9.17, 15) is 9.18 Å². The summed E-state index contributed by atoms with van der Waals surface area (Å²) in [7, 11) is 0. The Morgan fingerprint density at radius 1 is 1.04 bits per heavy atom. The van der Waals surface area contributed by atoms with Crippen molar-refractivity contribution >= 4 is 34.1 Å². The second-order valence-electron chi connectivity index (χ2n) is 5.75. The first kappa shape index (κ1) is 17.2. The molecule has 134 valence electrons. The molecule has 5 nitrogen and oxygen atoms in total. The van der Waals surface area contributed by atoms with Crippen molar-refractivity contribution in [2.75, 3.05) is 11.1 Å². The predicted molar refractivity (Wildman–Crippen MR) is 103 cm³/mol. The monoisotopic (exact) mass is 379 g/mol. The molecule has 4 rings (SSSR count). The van der Waals surface area contributed by atoms with Gasteiger partial charge in [-0.25, -0.2) is 4.39 Å². The van der Waals surface area contributed by atoms with Crippen LogP contribution in [-0.4, -0.2) is 21.9 Å². The summed E-state index contributed by atoms with van der Waals surface area (Å²) < 4.78 is 18.9. The van der Waals surface area contributed by atoms with Crippen LogP contribution in [0.1, 0.15) is 0 Å². The van der Waals surface area contributed by atoms with Gasteiger partial charge in [-0.15, -0.1) is 10.2 Å². The molecule has 0 aliphatic carbocycles. The fraction of sp³-hybridized carbons (Fsp3) is 0.0500. The molecule has 1 N–H and O–H groups in total. The van der Waals surface area contributed by atoms with Gasteiger partial charge in [0.1, 0.15) is 5.82 Å². The number of rotatable bonds is 5. The van der Waals surface area contributed by atoms with Crippen LogP contribution in [0.4, 0.5) is 10.1 Å². The highest BCUT2D eigenvalue weighted by atomic mass is 32.2. The maximum absolute atomic E-state index is 13.2. The van der Waals surface area contributed by atoms with Gasteiger partial charge in [0.05, 0.1) is 5.75 Å². The number of thioether (sulfide) groups is 1. The molecule has 7 heteroatoms. The molecule has 3 aromatic carbocycles. The maximum atomic E-state index is 13.2. The van der Waals surface area contributed by atoms with E-state index < -0.39 is 5.82 Å². The number of aromatic nitrogens is 2. The zero-order chi connectivity index (χ0) is 18.6. The van der Waals surface area contributed by atoms with Crippen LogP contribution in [0.3, 0.4) is 0 Å². The van der Waals surface area contributed by atoms with Crippen molar-refractivity contribution in [1.29, 1.82) is 0 Å². The van der Waals surface area contributed by atoms with Crippen LogP contribution in [0.15, 0.2) is 76.4 Å². The molecular weight excluding hydrogens is 365 g/mol. The Morgan fingerprint density at radius 2 is 1.85 bits per heavy atom. The summed E-state index contributed by atoms with van der Waals surface area (Å²) in [5.41, 5.74) is 1.25. The number of anilines is 1. The van der Waals surface area contributed by atoms with Gasteiger partial charge in [-0.2, -0.15) is 0 Å². The highest BCUT2D eigenvalue weighted by Gasteiger charge is 2.13. The standard InChI is InChI=1S/C20H14FN3O2S/c21-14-7-4-8-15(11-14)22-18(25)12-27-20-24-23-19(26-20)17-10-3-6-13-5-1-2-9-16(13)17/h1-11H,12H2,(H,22,25). The van der Waals surface area contributed by atoms with Crippen molar-refractivity contribution in [3.8, 4) is 11.5 Å². The molecule has 0 fully saturated rings. The third kappa shape index (κ3) is 3.98. The molecule has 1 heterocycles. The lowest BCUT2D eigenvalue weighted by Crippen LogP contribution is -2.14. The summed E-state index contributed by atoms with van der Waals surface area (Å²) in [6.07, 6.45) is 0. The van der Waals surface area contributed by atoms with E-state index in [1.165, 1.54) is 18.2 Å². The molecular formula is C20H14FN3O2S. The molecule has 0 atom stereocenters. The molecule has 0 radical (unpaired) electrons. The summed E-state index contributed by atoms with van der Waals surface area (Å²) in [4.78, 5) is 12.0. The largest absolute Gasteiger partial charge is 0.411 e. The fourth-order valence-corrected chi connectivity index (χ4v) is 3.24. The molecule has 4 aromatic rings. The van der Waals surface area contributed by atoms with Crippen molar-refractivity contribution < 1.29 is 13.6 Å². The lowest BCUT2D eigenvalue weighted by Gasteiger charge is -2.03. The first-order valence-electron chi connectivity index (χ1n) is 8.19. The summed E-state index contributed by atoms with van der Waals surface area (Å²) in [5.74, 6) is -0.208. The Morgan fingerprint density at radius 3 is 2.74 bits per heavy atom. The van der Waals surface area contributed by atoms with E-state index in [1.54, 1.807) is 6.07 Å². The van der Waals surface area contributed by atoms with E-state index in [1.807, 2.05) is 42.5 Å². The highest BCUT2D eigenvalue weighted by molar-refractivity contribution is 7.99. The SMILES string of the molecule is O=C(CSc1nnc(-c2cccc3ccccc23)o1)Nc1cccc(F)c1. The molecule has 0 aliphatic rings. The van der Waals surface area contributed by atoms with Crippen LogP contribution in [0.2, 0.25) is 0 Å². The second-order valence-corrected chi connectivity index (χ2v) is 6.67. The van der Waals surface area contributed by atoms with E-state index in [2.05, 4.69) is 15.5 Å². The molecule has 0 aliphatic heterocycles. The van der Waals surface area contributed by atoms with Gasteiger partial charge >= 0.3 is 0 Å². The summed E-state index contributed by atoms with van der Waals surface area (Å²) in [6.45, 7) is 0.